The Morgan fingerprint density at radius 1 is 1.35 bits per heavy atom. The molecule has 0 atom stereocenters. The van der Waals surface area contributed by atoms with E-state index in [-0.39, 0.29) is 5.60 Å². The Labute approximate surface area is 122 Å². The van der Waals surface area contributed by atoms with Gasteiger partial charge in [-0.25, -0.2) is 4.98 Å². The van der Waals surface area contributed by atoms with Gasteiger partial charge in [0.2, 0.25) is 0 Å². The van der Waals surface area contributed by atoms with Crippen LogP contribution in [0.5, 0.6) is 0 Å². The minimum Gasteiger partial charge on any atom is -0.381 e. The van der Waals surface area contributed by atoms with E-state index in [4.69, 9.17) is 14.5 Å². The van der Waals surface area contributed by atoms with Crippen molar-refractivity contribution in [3.63, 3.8) is 0 Å². The van der Waals surface area contributed by atoms with E-state index in [0.29, 0.717) is 0 Å². The zero-order valence-electron chi connectivity index (χ0n) is 11.8. The standard InChI is InChI=1S/C15H18N2O2S/c1-11-12(4-3-7-16-11)13-10-20-14(17-13)15(18-2)5-8-19-9-6-15/h3-4,7,10H,5-6,8-9H2,1-2H3. The molecule has 3 heterocycles. The third-order valence-corrected chi connectivity index (χ3v) is 4.90. The number of methoxy groups -OCH3 is 1. The summed E-state index contributed by atoms with van der Waals surface area (Å²) in [6.07, 6.45) is 3.53. The van der Waals surface area contributed by atoms with Crippen molar-refractivity contribution in [1.82, 2.24) is 9.97 Å². The van der Waals surface area contributed by atoms with Gasteiger partial charge in [-0.15, -0.1) is 11.3 Å². The van der Waals surface area contributed by atoms with Crippen LogP contribution in [0.25, 0.3) is 11.3 Å². The Balaban J connectivity index is 1.95. The van der Waals surface area contributed by atoms with Gasteiger partial charge >= 0.3 is 0 Å². The first-order valence-corrected chi connectivity index (χ1v) is 7.64. The third kappa shape index (κ3) is 2.37. The first-order valence-electron chi connectivity index (χ1n) is 6.76. The fourth-order valence-electron chi connectivity index (χ4n) is 2.57. The summed E-state index contributed by atoms with van der Waals surface area (Å²) in [6, 6.07) is 4.01. The van der Waals surface area contributed by atoms with Crippen molar-refractivity contribution in [3.05, 3.63) is 34.4 Å². The molecule has 0 aliphatic carbocycles. The Morgan fingerprint density at radius 3 is 2.85 bits per heavy atom. The van der Waals surface area contributed by atoms with Crippen LogP contribution in [0.1, 0.15) is 23.5 Å². The predicted octanol–water partition coefficient (Wildman–Crippen LogP) is 3.17. The van der Waals surface area contributed by atoms with Crippen LogP contribution in [-0.2, 0) is 15.1 Å². The van der Waals surface area contributed by atoms with Crippen LogP contribution < -0.4 is 0 Å². The Hall–Kier alpha value is -1.30. The van der Waals surface area contributed by atoms with E-state index in [0.717, 1.165) is 48.0 Å². The molecular weight excluding hydrogens is 272 g/mol. The van der Waals surface area contributed by atoms with E-state index in [9.17, 15) is 0 Å². The second-order valence-electron chi connectivity index (χ2n) is 4.99. The molecule has 2 aromatic rings. The van der Waals surface area contributed by atoms with Crippen molar-refractivity contribution in [2.45, 2.75) is 25.4 Å². The van der Waals surface area contributed by atoms with Gasteiger partial charge in [-0.05, 0) is 19.1 Å². The number of nitrogens with zero attached hydrogens (tertiary/aromatic N) is 2. The lowest BCUT2D eigenvalue weighted by molar-refractivity contribution is -0.0947. The molecule has 0 radical (unpaired) electrons. The molecule has 0 unspecified atom stereocenters. The molecule has 0 amide bonds. The minimum atomic E-state index is -0.280. The quantitative estimate of drug-likeness (QED) is 0.871. The first-order chi connectivity index (χ1) is 9.75. The number of thiazole rings is 1. The minimum absolute atomic E-state index is 0.280. The molecule has 1 fully saturated rings. The molecule has 0 bridgehead atoms. The van der Waals surface area contributed by atoms with E-state index in [2.05, 4.69) is 16.4 Å². The maximum Gasteiger partial charge on any atom is 0.125 e. The molecule has 2 aromatic heterocycles. The van der Waals surface area contributed by atoms with Crippen molar-refractivity contribution in [1.29, 1.82) is 0 Å². The Kier molecular flexibility index (Phi) is 3.83. The smallest absolute Gasteiger partial charge is 0.125 e. The highest BCUT2D eigenvalue weighted by Gasteiger charge is 2.37. The zero-order valence-corrected chi connectivity index (χ0v) is 12.6. The molecule has 20 heavy (non-hydrogen) atoms. The average molecular weight is 290 g/mol. The second kappa shape index (κ2) is 5.60. The third-order valence-electron chi connectivity index (χ3n) is 3.87. The molecule has 3 rings (SSSR count). The molecule has 0 aromatic carbocycles. The summed E-state index contributed by atoms with van der Waals surface area (Å²) in [5.41, 5.74) is 2.80. The molecule has 1 aliphatic rings. The molecule has 0 N–H and O–H groups in total. The number of hydrogen-bond acceptors (Lipinski definition) is 5. The predicted molar refractivity (Wildman–Crippen MR) is 78.8 cm³/mol. The summed E-state index contributed by atoms with van der Waals surface area (Å²) in [5, 5.41) is 3.14. The summed E-state index contributed by atoms with van der Waals surface area (Å²) in [4.78, 5) is 9.13. The van der Waals surface area contributed by atoms with Crippen molar-refractivity contribution < 1.29 is 9.47 Å². The largest absolute Gasteiger partial charge is 0.381 e. The zero-order chi connectivity index (χ0) is 14.0. The van der Waals surface area contributed by atoms with Gasteiger partial charge in [0.1, 0.15) is 10.6 Å². The van der Waals surface area contributed by atoms with Crippen LogP contribution in [0.3, 0.4) is 0 Å². The van der Waals surface area contributed by atoms with E-state index < -0.39 is 0 Å². The highest BCUT2D eigenvalue weighted by molar-refractivity contribution is 7.10. The molecule has 0 spiro atoms. The van der Waals surface area contributed by atoms with Crippen molar-refractivity contribution >= 4 is 11.3 Å². The van der Waals surface area contributed by atoms with Crippen LogP contribution in [0.15, 0.2) is 23.7 Å². The van der Waals surface area contributed by atoms with Crippen molar-refractivity contribution in [3.8, 4) is 11.3 Å². The second-order valence-corrected chi connectivity index (χ2v) is 5.84. The lowest BCUT2D eigenvalue weighted by atomic mass is 9.95. The number of ether oxygens (including phenoxy) is 2. The number of hydrogen-bond donors (Lipinski definition) is 0. The molecule has 5 heteroatoms. The van der Waals surface area contributed by atoms with E-state index in [1.165, 1.54) is 0 Å². The number of rotatable bonds is 3. The normalized spacial score (nSPS) is 18.1. The summed E-state index contributed by atoms with van der Waals surface area (Å²) in [5.74, 6) is 0. The number of aromatic nitrogens is 2. The van der Waals surface area contributed by atoms with E-state index >= 15 is 0 Å². The van der Waals surface area contributed by atoms with Crippen LogP contribution in [0, 0.1) is 6.92 Å². The van der Waals surface area contributed by atoms with Crippen LogP contribution in [-0.4, -0.2) is 30.3 Å². The maximum atomic E-state index is 5.80. The van der Waals surface area contributed by atoms with E-state index in [1.54, 1.807) is 24.6 Å². The van der Waals surface area contributed by atoms with Gasteiger partial charge in [-0.2, -0.15) is 0 Å². The molecule has 4 nitrogen and oxygen atoms in total. The molecule has 0 saturated carbocycles. The van der Waals surface area contributed by atoms with Crippen molar-refractivity contribution in [2.24, 2.45) is 0 Å². The fourth-order valence-corrected chi connectivity index (χ4v) is 3.62. The highest BCUT2D eigenvalue weighted by atomic mass is 32.1. The van der Waals surface area contributed by atoms with E-state index in [1.807, 2.05) is 13.0 Å². The summed E-state index contributed by atoms with van der Waals surface area (Å²) < 4.78 is 11.2. The molecule has 106 valence electrons. The van der Waals surface area contributed by atoms with Crippen LogP contribution in [0.2, 0.25) is 0 Å². The maximum absolute atomic E-state index is 5.80. The average Bonchev–Trinajstić information content (AvgIpc) is 2.98. The van der Waals surface area contributed by atoms with Gasteiger partial charge < -0.3 is 9.47 Å². The van der Waals surface area contributed by atoms with Gasteiger partial charge in [0, 0.05) is 56.0 Å². The number of aryl methyl sites for hydroxylation is 1. The summed E-state index contributed by atoms with van der Waals surface area (Å²) in [7, 11) is 1.77. The summed E-state index contributed by atoms with van der Waals surface area (Å²) >= 11 is 1.66. The topological polar surface area (TPSA) is 44.2 Å². The monoisotopic (exact) mass is 290 g/mol. The van der Waals surface area contributed by atoms with Gasteiger partial charge in [0.25, 0.3) is 0 Å². The van der Waals surface area contributed by atoms with Gasteiger partial charge in [0.15, 0.2) is 0 Å². The molecular formula is C15H18N2O2S. The van der Waals surface area contributed by atoms with Gasteiger partial charge in [-0.1, -0.05) is 0 Å². The Bertz CT molecular complexity index is 591. The number of pyridine rings is 1. The van der Waals surface area contributed by atoms with Crippen LogP contribution in [0.4, 0.5) is 0 Å². The first kappa shape index (κ1) is 13.7. The highest BCUT2D eigenvalue weighted by Crippen LogP contribution is 2.38. The lowest BCUT2D eigenvalue weighted by Crippen LogP contribution is -2.35. The Morgan fingerprint density at radius 2 is 2.15 bits per heavy atom. The van der Waals surface area contributed by atoms with Gasteiger partial charge in [0.05, 0.1) is 5.69 Å². The molecule has 1 saturated heterocycles. The van der Waals surface area contributed by atoms with Gasteiger partial charge in [-0.3, -0.25) is 4.98 Å². The summed E-state index contributed by atoms with van der Waals surface area (Å²) in [6.45, 7) is 3.47. The van der Waals surface area contributed by atoms with Crippen LogP contribution >= 0.6 is 11.3 Å². The fraction of sp³-hybridized carbons (Fsp3) is 0.467. The SMILES string of the molecule is COC1(c2nc(-c3cccnc3C)cs2)CCOCC1. The molecule has 1 aliphatic heterocycles. The lowest BCUT2D eigenvalue weighted by Gasteiger charge is -2.33. The van der Waals surface area contributed by atoms with Crippen molar-refractivity contribution in [2.75, 3.05) is 20.3 Å².